The summed E-state index contributed by atoms with van der Waals surface area (Å²) in [6.45, 7) is 1.61. The number of nitrogens with zero attached hydrogens (tertiary/aromatic N) is 1. The van der Waals surface area contributed by atoms with E-state index in [-0.39, 0.29) is 31.6 Å². The van der Waals surface area contributed by atoms with E-state index in [4.69, 9.17) is 9.47 Å². The third kappa shape index (κ3) is 3.77. The molecule has 3 rings (SSSR count). The highest BCUT2D eigenvalue weighted by atomic mass is 79.9. The van der Waals surface area contributed by atoms with Gasteiger partial charge in [0.2, 0.25) is 0 Å². The minimum absolute atomic E-state index is 0.00626. The molecule has 26 heavy (non-hydrogen) atoms. The molecule has 1 aliphatic rings. The van der Waals surface area contributed by atoms with Crippen molar-refractivity contribution in [2.45, 2.75) is 6.92 Å². The molecule has 1 aliphatic heterocycles. The van der Waals surface area contributed by atoms with Crippen LogP contribution in [0.25, 0.3) is 0 Å². The van der Waals surface area contributed by atoms with Gasteiger partial charge in [0.1, 0.15) is 12.4 Å². The molecule has 134 valence electrons. The molecule has 0 aromatic heterocycles. The van der Waals surface area contributed by atoms with E-state index >= 15 is 0 Å². The molecule has 6 nitrogen and oxygen atoms in total. The van der Waals surface area contributed by atoms with Gasteiger partial charge in [-0.15, -0.1) is 0 Å². The first-order valence-corrected chi connectivity index (χ1v) is 8.76. The van der Waals surface area contributed by atoms with Crippen molar-refractivity contribution in [3.63, 3.8) is 0 Å². The summed E-state index contributed by atoms with van der Waals surface area (Å²) in [4.78, 5) is 37.3. The Balaban J connectivity index is 1.47. The monoisotopic (exact) mass is 417 g/mol. The van der Waals surface area contributed by atoms with E-state index in [1.54, 1.807) is 30.3 Å². The molecule has 0 bridgehead atoms. The summed E-state index contributed by atoms with van der Waals surface area (Å²) in [5.41, 5.74) is 1.81. The van der Waals surface area contributed by atoms with Crippen molar-refractivity contribution in [3.05, 3.63) is 63.6 Å². The number of halogens is 1. The van der Waals surface area contributed by atoms with Crippen molar-refractivity contribution < 1.29 is 23.9 Å². The second-order valence-corrected chi connectivity index (χ2v) is 6.60. The smallest absolute Gasteiger partial charge is 0.344 e. The second-order valence-electron chi connectivity index (χ2n) is 5.75. The van der Waals surface area contributed by atoms with Crippen LogP contribution in [0.3, 0.4) is 0 Å². The highest BCUT2D eigenvalue weighted by molar-refractivity contribution is 9.10. The lowest BCUT2D eigenvalue weighted by atomic mass is 10.1. The Hall–Kier alpha value is -2.67. The third-order valence-electron chi connectivity index (χ3n) is 3.89. The molecule has 0 saturated heterocycles. The number of aryl methyl sites for hydroxylation is 1. The van der Waals surface area contributed by atoms with E-state index in [1.165, 1.54) is 0 Å². The molecule has 0 unspecified atom stereocenters. The molecule has 0 N–H and O–H groups in total. The van der Waals surface area contributed by atoms with Crippen molar-refractivity contribution in [3.8, 4) is 5.75 Å². The van der Waals surface area contributed by atoms with Crippen LogP contribution in [0.2, 0.25) is 0 Å². The predicted octanol–water partition coefficient (Wildman–Crippen LogP) is 2.98. The van der Waals surface area contributed by atoms with Crippen LogP contribution in [-0.4, -0.2) is 42.4 Å². The molecule has 7 heteroatoms. The van der Waals surface area contributed by atoms with Crippen molar-refractivity contribution >= 4 is 33.7 Å². The van der Waals surface area contributed by atoms with Gasteiger partial charge in [-0.25, -0.2) is 4.79 Å². The maximum atomic E-state index is 12.2. The zero-order valence-electron chi connectivity index (χ0n) is 14.0. The highest BCUT2D eigenvalue weighted by Gasteiger charge is 2.34. The topological polar surface area (TPSA) is 72.9 Å². The summed E-state index contributed by atoms with van der Waals surface area (Å²) in [5, 5.41) is 0. The van der Waals surface area contributed by atoms with Crippen molar-refractivity contribution in [1.29, 1.82) is 0 Å². The molecular weight excluding hydrogens is 402 g/mol. The summed E-state index contributed by atoms with van der Waals surface area (Å²) in [5.74, 6) is -0.787. The van der Waals surface area contributed by atoms with Crippen LogP contribution in [0.1, 0.15) is 26.3 Å². The maximum Gasteiger partial charge on any atom is 0.344 e. The van der Waals surface area contributed by atoms with Gasteiger partial charge in [0, 0.05) is 0 Å². The zero-order chi connectivity index (χ0) is 18.7. The largest absolute Gasteiger partial charge is 0.481 e. The zero-order valence-corrected chi connectivity index (χ0v) is 15.6. The summed E-state index contributed by atoms with van der Waals surface area (Å²) in [6, 6.07) is 12.1. The van der Waals surface area contributed by atoms with Gasteiger partial charge in [-0.3, -0.25) is 14.5 Å². The first-order chi connectivity index (χ1) is 12.5. The summed E-state index contributed by atoms with van der Waals surface area (Å²) in [6.07, 6.45) is 0. The Morgan fingerprint density at radius 2 is 1.73 bits per heavy atom. The van der Waals surface area contributed by atoms with Crippen molar-refractivity contribution in [1.82, 2.24) is 4.90 Å². The van der Waals surface area contributed by atoms with Crippen LogP contribution in [0.15, 0.2) is 46.9 Å². The SMILES string of the molecule is Cc1ccc(OCC(=O)OCCN2C(=O)c3ccccc3C2=O)c(Br)c1. The first kappa shape index (κ1) is 18.1. The van der Waals surface area contributed by atoms with Gasteiger partial charge < -0.3 is 9.47 Å². The van der Waals surface area contributed by atoms with Crippen LogP contribution < -0.4 is 4.74 Å². The normalized spacial score (nSPS) is 12.9. The van der Waals surface area contributed by atoms with E-state index in [0.29, 0.717) is 16.9 Å². The molecule has 2 amide bonds. The van der Waals surface area contributed by atoms with Gasteiger partial charge in [0.05, 0.1) is 22.1 Å². The summed E-state index contributed by atoms with van der Waals surface area (Å²) >= 11 is 3.36. The Morgan fingerprint density at radius 1 is 1.08 bits per heavy atom. The number of hydrogen-bond acceptors (Lipinski definition) is 5. The molecule has 0 atom stereocenters. The van der Waals surface area contributed by atoms with Crippen LogP contribution in [0.4, 0.5) is 0 Å². The first-order valence-electron chi connectivity index (χ1n) is 7.97. The third-order valence-corrected chi connectivity index (χ3v) is 4.51. The Labute approximate surface area is 158 Å². The molecule has 0 radical (unpaired) electrons. The molecule has 1 heterocycles. The number of esters is 1. The Morgan fingerprint density at radius 3 is 2.35 bits per heavy atom. The highest BCUT2D eigenvalue weighted by Crippen LogP contribution is 2.25. The minimum Gasteiger partial charge on any atom is -0.481 e. The number of ether oxygens (including phenoxy) is 2. The van der Waals surface area contributed by atoms with Gasteiger partial charge in [-0.1, -0.05) is 18.2 Å². The molecule has 0 fully saturated rings. The number of carbonyl (C=O) groups is 3. The fourth-order valence-electron chi connectivity index (χ4n) is 2.59. The van der Waals surface area contributed by atoms with E-state index in [2.05, 4.69) is 15.9 Å². The lowest BCUT2D eigenvalue weighted by Gasteiger charge is -2.14. The van der Waals surface area contributed by atoms with Crippen LogP contribution >= 0.6 is 15.9 Å². The lowest BCUT2D eigenvalue weighted by molar-refractivity contribution is -0.146. The fraction of sp³-hybridized carbons (Fsp3) is 0.211. The molecule has 2 aromatic rings. The summed E-state index contributed by atoms with van der Waals surface area (Å²) < 4.78 is 11.2. The summed E-state index contributed by atoms with van der Waals surface area (Å²) in [7, 11) is 0. The number of amides is 2. The van der Waals surface area contributed by atoms with Gasteiger partial charge >= 0.3 is 5.97 Å². The van der Waals surface area contributed by atoms with E-state index < -0.39 is 5.97 Å². The average Bonchev–Trinajstić information content (AvgIpc) is 2.86. The van der Waals surface area contributed by atoms with Crippen molar-refractivity contribution in [2.24, 2.45) is 0 Å². The lowest BCUT2D eigenvalue weighted by Crippen LogP contribution is -2.33. The molecule has 0 aliphatic carbocycles. The van der Waals surface area contributed by atoms with E-state index in [0.717, 1.165) is 14.9 Å². The van der Waals surface area contributed by atoms with Crippen molar-refractivity contribution in [2.75, 3.05) is 19.8 Å². The standard InChI is InChI=1S/C19H16BrNO5/c1-12-6-7-16(15(20)10-12)26-11-17(22)25-9-8-21-18(23)13-4-2-3-5-14(13)19(21)24/h2-7,10H,8-9,11H2,1H3. The number of imide groups is 1. The van der Waals surface area contributed by atoms with E-state index in [1.807, 2.05) is 19.1 Å². The van der Waals surface area contributed by atoms with Crippen LogP contribution in [0, 0.1) is 6.92 Å². The Bertz CT molecular complexity index is 845. The Kier molecular flexibility index (Phi) is 5.37. The number of benzene rings is 2. The van der Waals surface area contributed by atoms with Crippen LogP contribution in [0.5, 0.6) is 5.75 Å². The van der Waals surface area contributed by atoms with Gasteiger partial charge in [-0.2, -0.15) is 0 Å². The van der Waals surface area contributed by atoms with Crippen LogP contribution in [-0.2, 0) is 9.53 Å². The number of hydrogen-bond donors (Lipinski definition) is 0. The maximum absolute atomic E-state index is 12.2. The number of rotatable bonds is 6. The average molecular weight is 418 g/mol. The molecule has 0 spiro atoms. The van der Waals surface area contributed by atoms with Gasteiger partial charge in [-0.05, 0) is 52.7 Å². The van der Waals surface area contributed by atoms with Gasteiger partial charge in [0.25, 0.3) is 11.8 Å². The molecule has 0 saturated carbocycles. The van der Waals surface area contributed by atoms with Gasteiger partial charge in [0.15, 0.2) is 6.61 Å². The number of carbonyl (C=O) groups excluding carboxylic acids is 3. The number of fused-ring (bicyclic) bond motifs is 1. The second kappa shape index (κ2) is 7.70. The quantitative estimate of drug-likeness (QED) is 0.533. The molecular formula is C19H16BrNO5. The van der Waals surface area contributed by atoms with E-state index in [9.17, 15) is 14.4 Å². The predicted molar refractivity (Wildman–Crippen MR) is 97.1 cm³/mol. The molecule has 2 aromatic carbocycles. The fourth-order valence-corrected chi connectivity index (χ4v) is 3.20. The minimum atomic E-state index is -0.575.